The van der Waals surface area contributed by atoms with E-state index in [1.165, 1.54) is 19.4 Å². The van der Waals surface area contributed by atoms with Crippen LogP contribution in [0.15, 0.2) is 24.3 Å². The lowest BCUT2D eigenvalue weighted by Gasteiger charge is -2.44. The van der Waals surface area contributed by atoms with E-state index >= 15 is 0 Å². The average Bonchev–Trinajstić information content (AvgIpc) is 2.34. The smallest absolute Gasteiger partial charge is 0.193 e. The molecule has 1 unspecified atom stereocenters. The Morgan fingerprint density at radius 1 is 1.00 bits per heavy atom. The maximum Gasteiger partial charge on any atom is 0.193 e. The summed E-state index contributed by atoms with van der Waals surface area (Å²) in [5.74, 6) is 0.363. The second-order valence-corrected chi connectivity index (χ2v) is 8.65. The molecule has 1 N–H and O–H groups in total. The minimum absolute atomic E-state index is 0.0392. The van der Waals surface area contributed by atoms with E-state index in [0.29, 0.717) is 11.5 Å². The van der Waals surface area contributed by atoms with Crippen molar-refractivity contribution in [1.82, 2.24) is 0 Å². The first-order chi connectivity index (χ1) is 9.79. The third-order valence-corrected chi connectivity index (χ3v) is 4.81. The lowest BCUT2D eigenvalue weighted by molar-refractivity contribution is 0.0488. The molecule has 124 valence electrons. The van der Waals surface area contributed by atoms with Gasteiger partial charge in [-0.1, -0.05) is 65.8 Å². The van der Waals surface area contributed by atoms with Gasteiger partial charge in [-0.25, -0.2) is 0 Å². The van der Waals surface area contributed by atoms with Gasteiger partial charge in [0.25, 0.3) is 0 Å². The molecule has 1 aromatic rings. The van der Waals surface area contributed by atoms with Crippen molar-refractivity contribution < 1.29 is 9.90 Å². The molecule has 0 aliphatic carbocycles. The number of hydrogen-bond donors (Lipinski definition) is 1. The highest BCUT2D eigenvalue weighted by atomic mass is 16.3. The van der Waals surface area contributed by atoms with Gasteiger partial charge in [0.05, 0.1) is 0 Å². The summed E-state index contributed by atoms with van der Waals surface area (Å²) < 4.78 is 0. The third-order valence-electron chi connectivity index (χ3n) is 4.81. The van der Waals surface area contributed by atoms with E-state index in [2.05, 4.69) is 41.5 Å². The fourth-order valence-corrected chi connectivity index (χ4v) is 3.02. The van der Waals surface area contributed by atoms with E-state index in [9.17, 15) is 9.90 Å². The van der Waals surface area contributed by atoms with Crippen LogP contribution in [0.3, 0.4) is 0 Å². The van der Waals surface area contributed by atoms with Crippen molar-refractivity contribution in [3.63, 3.8) is 0 Å². The van der Waals surface area contributed by atoms with Crippen molar-refractivity contribution in [3.05, 3.63) is 35.4 Å². The van der Waals surface area contributed by atoms with Gasteiger partial charge in [0.2, 0.25) is 0 Å². The van der Waals surface area contributed by atoms with Crippen LogP contribution in [-0.4, -0.2) is 16.5 Å². The number of rotatable bonds is 5. The molecule has 0 heterocycles. The summed E-state index contributed by atoms with van der Waals surface area (Å²) in [6.07, 6.45) is 1.09. The molecule has 2 nitrogen and oxygen atoms in total. The molecule has 0 saturated heterocycles. The first-order valence-electron chi connectivity index (χ1n) is 8.17. The fraction of sp³-hybridized carbons (Fsp3) is 0.650. The zero-order chi connectivity index (χ0) is 17.3. The van der Waals surface area contributed by atoms with Gasteiger partial charge in [0, 0.05) is 5.56 Å². The van der Waals surface area contributed by atoms with E-state index in [1.807, 2.05) is 24.3 Å². The lowest BCUT2D eigenvalue weighted by atomic mass is 9.60. The number of aliphatic hydroxyl groups is 1. The average molecular weight is 304 g/mol. The molecule has 1 aromatic carbocycles. The zero-order valence-corrected chi connectivity index (χ0v) is 15.4. The van der Waals surface area contributed by atoms with Crippen LogP contribution in [0.4, 0.5) is 0 Å². The van der Waals surface area contributed by atoms with Crippen molar-refractivity contribution >= 4 is 5.78 Å². The summed E-state index contributed by atoms with van der Waals surface area (Å²) in [5.41, 5.74) is 0.654. The van der Waals surface area contributed by atoms with E-state index in [0.717, 1.165) is 6.42 Å². The summed E-state index contributed by atoms with van der Waals surface area (Å²) in [6, 6.07) is 7.79. The number of benzene rings is 1. The van der Waals surface area contributed by atoms with Crippen molar-refractivity contribution in [1.29, 1.82) is 0 Å². The molecule has 22 heavy (non-hydrogen) atoms. The number of carbonyl (C=O) groups excluding carboxylic acids is 1. The second-order valence-electron chi connectivity index (χ2n) is 8.65. The molecule has 0 bridgehead atoms. The molecule has 0 saturated carbocycles. The van der Waals surface area contributed by atoms with Gasteiger partial charge in [0.1, 0.15) is 5.60 Å². The Balaban J connectivity index is 3.23. The molecule has 0 aromatic heterocycles. The monoisotopic (exact) mass is 304 g/mol. The summed E-state index contributed by atoms with van der Waals surface area (Å²) >= 11 is 0. The summed E-state index contributed by atoms with van der Waals surface area (Å²) in [5, 5.41) is 9.87. The molecule has 1 rings (SSSR count). The summed E-state index contributed by atoms with van der Waals surface area (Å²) in [7, 11) is 0. The first-order valence-corrected chi connectivity index (χ1v) is 8.17. The molecule has 0 spiro atoms. The summed E-state index contributed by atoms with van der Waals surface area (Å²) in [4.78, 5) is 12.2. The van der Waals surface area contributed by atoms with Crippen LogP contribution in [0, 0.1) is 11.3 Å². The van der Waals surface area contributed by atoms with Gasteiger partial charge < -0.3 is 5.11 Å². The molecule has 0 amide bonds. The van der Waals surface area contributed by atoms with E-state index in [4.69, 9.17) is 0 Å². The highest BCUT2D eigenvalue weighted by Gasteiger charge is 2.39. The lowest BCUT2D eigenvalue weighted by Crippen LogP contribution is -2.38. The van der Waals surface area contributed by atoms with Gasteiger partial charge in [-0.2, -0.15) is 0 Å². The van der Waals surface area contributed by atoms with Gasteiger partial charge >= 0.3 is 0 Å². The van der Waals surface area contributed by atoms with Gasteiger partial charge in [-0.05, 0) is 42.6 Å². The van der Waals surface area contributed by atoms with E-state index in [1.54, 1.807) is 0 Å². The van der Waals surface area contributed by atoms with Crippen LogP contribution in [0.25, 0.3) is 0 Å². The SMILES string of the molecule is CC(C)CC(C)(c1ccc(C(=O)C(C)(C)O)cc1)C(C)(C)C. The minimum Gasteiger partial charge on any atom is -0.382 e. The number of hydrogen-bond acceptors (Lipinski definition) is 2. The van der Waals surface area contributed by atoms with Crippen molar-refractivity contribution in [2.24, 2.45) is 11.3 Å². The number of ketones is 1. The predicted molar refractivity (Wildman–Crippen MR) is 93.3 cm³/mol. The van der Waals surface area contributed by atoms with Crippen molar-refractivity contribution in [3.8, 4) is 0 Å². The van der Waals surface area contributed by atoms with Gasteiger partial charge in [-0.3, -0.25) is 4.79 Å². The first kappa shape index (κ1) is 18.9. The van der Waals surface area contributed by atoms with E-state index < -0.39 is 5.60 Å². The maximum absolute atomic E-state index is 12.2. The maximum atomic E-state index is 12.2. The van der Waals surface area contributed by atoms with Gasteiger partial charge in [0.15, 0.2) is 5.78 Å². The fourth-order valence-electron chi connectivity index (χ4n) is 3.02. The highest BCUT2D eigenvalue weighted by Crippen LogP contribution is 2.45. The normalized spacial score (nSPS) is 15.7. The van der Waals surface area contributed by atoms with Crippen molar-refractivity contribution in [2.45, 2.75) is 72.8 Å². The Labute approximate surface area is 135 Å². The van der Waals surface area contributed by atoms with Crippen LogP contribution in [0.1, 0.15) is 77.7 Å². The highest BCUT2D eigenvalue weighted by molar-refractivity contribution is 6.01. The van der Waals surface area contributed by atoms with Gasteiger partial charge in [-0.15, -0.1) is 0 Å². The molecule has 1 atom stereocenters. The van der Waals surface area contributed by atoms with E-state index in [-0.39, 0.29) is 16.6 Å². The van der Waals surface area contributed by atoms with Crippen LogP contribution in [-0.2, 0) is 5.41 Å². The third kappa shape index (κ3) is 3.98. The Kier molecular flexibility index (Phi) is 5.29. The Bertz CT molecular complexity index is 512. The molecule has 2 heteroatoms. The van der Waals surface area contributed by atoms with Crippen LogP contribution < -0.4 is 0 Å². The molecule has 0 fully saturated rings. The standard InChI is InChI=1S/C20H32O2/c1-14(2)13-20(8,18(3,4)5)16-11-9-15(10-12-16)17(21)19(6,7)22/h9-12,14,22H,13H2,1-8H3. The second kappa shape index (κ2) is 6.16. The molecular formula is C20H32O2. The Morgan fingerprint density at radius 3 is 1.77 bits per heavy atom. The van der Waals surface area contributed by atoms with Crippen LogP contribution in [0.2, 0.25) is 0 Å². The number of Topliss-reactive ketones (excluding diaryl/α,β-unsaturated/α-hetero) is 1. The van der Waals surface area contributed by atoms with Crippen molar-refractivity contribution in [2.75, 3.05) is 0 Å². The zero-order valence-electron chi connectivity index (χ0n) is 15.4. The topological polar surface area (TPSA) is 37.3 Å². The van der Waals surface area contributed by atoms with Crippen LogP contribution >= 0.6 is 0 Å². The summed E-state index contributed by atoms with van der Waals surface area (Å²) in [6.45, 7) is 16.7. The molecular weight excluding hydrogens is 272 g/mol. The molecule has 0 aliphatic heterocycles. The predicted octanol–water partition coefficient (Wildman–Crippen LogP) is 4.99. The minimum atomic E-state index is -1.33. The molecule has 0 aliphatic rings. The quantitative estimate of drug-likeness (QED) is 0.778. The largest absolute Gasteiger partial charge is 0.382 e. The Hall–Kier alpha value is -1.15. The van der Waals surface area contributed by atoms with Crippen LogP contribution in [0.5, 0.6) is 0 Å². The number of carbonyl (C=O) groups is 1. The Morgan fingerprint density at radius 2 is 1.45 bits per heavy atom. The molecule has 0 radical (unpaired) electrons.